The molecule has 3 heteroatoms. The molecule has 0 spiro atoms. The molecule has 0 heterocycles. The molecule has 0 aromatic heterocycles. The molecular weight excluding hydrogens is 109 g/mol. The molecule has 0 amide bonds. The van der Waals surface area contributed by atoms with Crippen molar-refractivity contribution >= 4 is 6.47 Å². The van der Waals surface area contributed by atoms with Gasteiger partial charge >= 0.3 is 0 Å². The average molecular weight is 110 g/mol. The predicted octanol–water partition coefficient (Wildman–Crippen LogP) is -0.391. The van der Waals surface area contributed by atoms with Gasteiger partial charge in [0.2, 0.25) is 0 Å². The third kappa shape index (κ3) is 287. The van der Waals surface area contributed by atoms with Crippen molar-refractivity contribution in [1.82, 2.24) is 0 Å². The predicted molar refractivity (Wildman–Crippen MR) is 8.32 cm³/mol. The molecule has 0 atom stereocenters. The molecule has 0 saturated heterocycles. The normalized spacial score (nSPS) is 3.00. The Bertz CT molecular complexity index is 13.5. The molecule has 1 N–H and O–H groups in total. The van der Waals surface area contributed by atoms with Crippen LogP contribution in [-0.2, 0) is 24.3 Å². The van der Waals surface area contributed by atoms with Crippen molar-refractivity contribution < 1.29 is 29.4 Å². The van der Waals surface area contributed by atoms with Crippen molar-refractivity contribution in [1.29, 1.82) is 0 Å². The van der Waals surface area contributed by atoms with E-state index in [0.717, 1.165) is 0 Å². The number of hydrogen-bond donors (Lipinski definition) is 1. The van der Waals surface area contributed by atoms with Crippen LogP contribution in [0.5, 0.6) is 0 Å². The van der Waals surface area contributed by atoms with Crippen LogP contribution < -0.4 is 0 Å². The summed E-state index contributed by atoms with van der Waals surface area (Å²) in [6.07, 6.45) is 0. The van der Waals surface area contributed by atoms with Crippen LogP contribution in [0.3, 0.4) is 0 Å². The van der Waals surface area contributed by atoms with Crippen molar-refractivity contribution in [2.24, 2.45) is 0 Å². The minimum atomic E-state index is 0. The maximum atomic E-state index is 8.24. The quantitative estimate of drug-likeness (QED) is 0.341. The van der Waals surface area contributed by atoms with E-state index in [1.165, 1.54) is 0 Å². The number of aliphatic hydroxyl groups excluding tert-OH is 1. The van der Waals surface area contributed by atoms with E-state index in [4.69, 9.17) is 9.90 Å². The Morgan fingerprint density at radius 3 is 1.75 bits per heavy atom. The third-order valence-electron chi connectivity index (χ3n) is 0. The maximum Gasteiger partial charge on any atom is 0 e. The fourth-order valence-corrected chi connectivity index (χ4v) is 0. The van der Waals surface area contributed by atoms with Gasteiger partial charge < -0.3 is 9.90 Å². The molecule has 0 fully saturated rings. The van der Waals surface area contributed by atoms with Gasteiger partial charge in [0.15, 0.2) is 0 Å². The molecule has 2 nitrogen and oxygen atoms in total. The first-order chi connectivity index (χ1) is 1.41. The topological polar surface area (TPSA) is 37.3 Å². The van der Waals surface area contributed by atoms with Gasteiger partial charge in [0, 0.05) is 19.5 Å². The van der Waals surface area contributed by atoms with Gasteiger partial charge in [-0.1, -0.05) is 6.47 Å². The van der Waals surface area contributed by atoms with E-state index in [2.05, 4.69) is 0 Å². The molecule has 0 aromatic rings. The van der Waals surface area contributed by atoms with Gasteiger partial charge in [-0.25, -0.2) is 0 Å². The van der Waals surface area contributed by atoms with Crippen molar-refractivity contribution in [3.8, 4) is 0 Å². The summed E-state index contributed by atoms with van der Waals surface area (Å²) >= 11 is 0. The molecule has 0 saturated carbocycles. The van der Waals surface area contributed by atoms with Crippen molar-refractivity contribution in [2.75, 3.05) is 0 Å². The first kappa shape index (κ1) is 8.94. The van der Waals surface area contributed by atoms with E-state index < -0.39 is 0 Å². The molecule has 20 valence electrons. The van der Waals surface area contributed by atoms with Crippen LogP contribution in [0.1, 0.15) is 0 Å². The van der Waals surface area contributed by atoms with Crippen LogP contribution in [0.25, 0.3) is 0 Å². The molecule has 0 radical (unpaired) electrons. The summed E-state index contributed by atoms with van der Waals surface area (Å²) in [5.74, 6) is 0. The van der Waals surface area contributed by atoms with Crippen LogP contribution in [0.2, 0.25) is 0 Å². The van der Waals surface area contributed by atoms with Gasteiger partial charge in [-0.05, 0) is 0 Å². The summed E-state index contributed by atoms with van der Waals surface area (Å²) in [6.45, 7) is 0.500. The summed E-state index contributed by atoms with van der Waals surface area (Å²) in [5.41, 5.74) is 0. The first-order valence-corrected chi connectivity index (χ1v) is 0.428. The number of hydrogen-bond acceptors (Lipinski definition) is 1. The first-order valence-electron chi connectivity index (χ1n) is 0.428. The zero-order valence-electron chi connectivity index (χ0n) is 2.06. The maximum absolute atomic E-state index is 8.24. The molecule has 0 aliphatic rings. The second-order valence-electron chi connectivity index (χ2n) is 0.0913. The molecule has 0 unspecified atom stereocenters. The Hall–Kier alpha value is 0.0934. The van der Waals surface area contributed by atoms with E-state index in [-0.39, 0.29) is 19.5 Å². The standard InChI is InChI=1S/CHO2.Zn/c2-1-3;/h(H,2,3);/q-1;. The zero-order chi connectivity index (χ0) is 2.71. The fourth-order valence-electron chi connectivity index (χ4n) is 0. The van der Waals surface area contributed by atoms with Crippen LogP contribution in [0.15, 0.2) is 0 Å². The Morgan fingerprint density at radius 2 is 1.75 bits per heavy atom. The smallest absolute Gasteiger partial charge is 0 e. The van der Waals surface area contributed by atoms with E-state index in [9.17, 15) is 0 Å². The molecule has 0 bridgehead atoms. The molecule has 4 heavy (non-hydrogen) atoms. The SMILES string of the molecule is O=[C-]O.[Zn]. The van der Waals surface area contributed by atoms with Crippen LogP contribution >= 0.6 is 0 Å². The van der Waals surface area contributed by atoms with Gasteiger partial charge in [0.1, 0.15) is 0 Å². The van der Waals surface area contributed by atoms with Gasteiger partial charge in [0.05, 0.1) is 0 Å². The van der Waals surface area contributed by atoms with Gasteiger partial charge in [0.25, 0.3) is 0 Å². The molecular formula is CHO2Zn-. The van der Waals surface area contributed by atoms with E-state index in [1.54, 1.807) is 0 Å². The van der Waals surface area contributed by atoms with Crippen LogP contribution in [-0.4, -0.2) is 11.6 Å². The largest absolute Gasteiger partial charge is 0.665 e. The molecule has 0 aliphatic carbocycles. The molecule has 0 aromatic carbocycles. The Kier molecular flexibility index (Phi) is 25.3. The van der Waals surface area contributed by atoms with Crippen LogP contribution in [0, 0.1) is 0 Å². The van der Waals surface area contributed by atoms with Crippen molar-refractivity contribution in [2.45, 2.75) is 0 Å². The van der Waals surface area contributed by atoms with Crippen molar-refractivity contribution in [3.05, 3.63) is 0 Å². The summed E-state index contributed by atoms with van der Waals surface area (Å²) in [6, 6.07) is 0. The van der Waals surface area contributed by atoms with E-state index >= 15 is 0 Å². The summed E-state index contributed by atoms with van der Waals surface area (Å²) in [4.78, 5) is 8.24. The Balaban J connectivity index is 0. The Labute approximate surface area is 36.6 Å². The molecule has 0 aliphatic heterocycles. The van der Waals surface area contributed by atoms with Crippen molar-refractivity contribution in [3.63, 3.8) is 0 Å². The summed E-state index contributed by atoms with van der Waals surface area (Å²) in [5, 5.41) is 6.76. The molecule has 0 rings (SSSR count). The minimum Gasteiger partial charge on any atom is -0.665 e. The van der Waals surface area contributed by atoms with Gasteiger partial charge in [-0.15, -0.1) is 0 Å². The summed E-state index contributed by atoms with van der Waals surface area (Å²) in [7, 11) is 0. The van der Waals surface area contributed by atoms with E-state index in [0.29, 0.717) is 6.47 Å². The van der Waals surface area contributed by atoms with Crippen LogP contribution in [0.4, 0.5) is 0 Å². The van der Waals surface area contributed by atoms with E-state index in [1.807, 2.05) is 0 Å². The second-order valence-corrected chi connectivity index (χ2v) is 0.0913. The summed E-state index contributed by atoms with van der Waals surface area (Å²) < 4.78 is 0. The minimum absolute atomic E-state index is 0. The zero-order valence-corrected chi connectivity index (χ0v) is 5.03. The number of rotatable bonds is 0. The fraction of sp³-hybridized carbons (Fsp3) is 0. The third-order valence-corrected chi connectivity index (χ3v) is 0. The Morgan fingerprint density at radius 1 is 1.75 bits per heavy atom. The average Bonchev–Trinajstić information content (AvgIpc) is 0.918. The van der Waals surface area contributed by atoms with Gasteiger partial charge in [-0.3, -0.25) is 0 Å². The van der Waals surface area contributed by atoms with Gasteiger partial charge in [-0.2, -0.15) is 0 Å². The second kappa shape index (κ2) is 11.3. The monoisotopic (exact) mass is 109 g/mol.